The minimum atomic E-state index is -1.01. The third-order valence-electron chi connectivity index (χ3n) is 5.44. The predicted octanol–water partition coefficient (Wildman–Crippen LogP) is 4.97. The first-order chi connectivity index (χ1) is 16.1. The van der Waals surface area contributed by atoms with Crippen LogP contribution in [0.1, 0.15) is 42.9 Å². The molecule has 11 heteroatoms. The van der Waals surface area contributed by atoms with Gasteiger partial charge in [0.2, 0.25) is 0 Å². The van der Waals surface area contributed by atoms with Gasteiger partial charge in [0.15, 0.2) is 0 Å². The maximum Gasteiger partial charge on any atom is 0.303 e. The van der Waals surface area contributed by atoms with Crippen LogP contribution in [0.3, 0.4) is 0 Å². The fourth-order valence-corrected chi connectivity index (χ4v) is 4.30. The summed E-state index contributed by atoms with van der Waals surface area (Å²) in [4.78, 5) is 48.2. The molecule has 3 rings (SSSR count). The average Bonchev–Trinajstić information content (AvgIpc) is 3.03. The number of hydrogen-bond acceptors (Lipinski definition) is 6. The van der Waals surface area contributed by atoms with Gasteiger partial charge in [0.25, 0.3) is 17.4 Å². The van der Waals surface area contributed by atoms with Gasteiger partial charge in [0.1, 0.15) is 5.76 Å². The second kappa shape index (κ2) is 10.7. The summed E-state index contributed by atoms with van der Waals surface area (Å²) < 4.78 is 0. The number of hydrogen-bond donors (Lipinski definition) is 2. The van der Waals surface area contributed by atoms with E-state index in [0.29, 0.717) is 29.8 Å². The smallest absolute Gasteiger partial charge is 0.303 e. The molecule has 1 heterocycles. The van der Waals surface area contributed by atoms with E-state index in [2.05, 4.69) is 0 Å². The van der Waals surface area contributed by atoms with Crippen molar-refractivity contribution >= 4 is 52.3 Å². The number of rotatable bonds is 9. The van der Waals surface area contributed by atoms with Crippen LogP contribution in [0.15, 0.2) is 48.0 Å². The van der Waals surface area contributed by atoms with Crippen LogP contribution in [0.25, 0.3) is 5.76 Å². The maximum absolute atomic E-state index is 13.0. The number of nitro groups is 1. The van der Waals surface area contributed by atoms with E-state index in [9.17, 15) is 29.6 Å². The molecule has 178 valence electrons. The Hall–Kier alpha value is -3.43. The Labute approximate surface area is 204 Å². The molecule has 0 aliphatic carbocycles. The van der Waals surface area contributed by atoms with Crippen molar-refractivity contribution in [2.24, 2.45) is 0 Å². The van der Waals surface area contributed by atoms with Crippen LogP contribution in [0.2, 0.25) is 10.0 Å². The van der Waals surface area contributed by atoms with Gasteiger partial charge in [-0.1, -0.05) is 35.7 Å². The monoisotopic (exact) mass is 506 g/mol. The summed E-state index contributed by atoms with van der Waals surface area (Å²) >= 11 is 12.4. The molecule has 34 heavy (non-hydrogen) atoms. The quantitative estimate of drug-likeness (QED) is 0.122. The summed E-state index contributed by atoms with van der Waals surface area (Å²) in [5, 5.41) is 31.2. The fraction of sp³-hybridized carbons (Fsp3) is 0.261. The van der Waals surface area contributed by atoms with E-state index in [1.807, 2.05) is 0 Å². The van der Waals surface area contributed by atoms with E-state index in [4.69, 9.17) is 28.3 Å². The van der Waals surface area contributed by atoms with Crippen molar-refractivity contribution in [3.8, 4) is 0 Å². The molecule has 1 saturated heterocycles. The fourth-order valence-electron chi connectivity index (χ4n) is 3.79. The third-order valence-corrected chi connectivity index (χ3v) is 6.00. The summed E-state index contributed by atoms with van der Waals surface area (Å²) in [5.41, 5.74) is 0.101. The summed E-state index contributed by atoms with van der Waals surface area (Å²) in [5.74, 6) is -3.16. The normalized spacial score (nSPS) is 17.2. The number of halogens is 2. The minimum Gasteiger partial charge on any atom is -0.507 e. The SMILES string of the molecule is O=C(O)CCCCCN1C(=O)C(=O)C(=C(O)c2ccc([N+](=O)[O-])cc2)[C@@H]1c1ccc(Cl)cc1Cl. The van der Waals surface area contributed by atoms with Crippen molar-refractivity contribution in [2.45, 2.75) is 31.7 Å². The van der Waals surface area contributed by atoms with Crippen molar-refractivity contribution in [1.29, 1.82) is 0 Å². The zero-order valence-corrected chi connectivity index (χ0v) is 19.3. The Kier molecular flexibility index (Phi) is 7.90. The number of carbonyl (C=O) groups excluding carboxylic acids is 2. The van der Waals surface area contributed by atoms with Gasteiger partial charge >= 0.3 is 5.97 Å². The number of aliphatic hydroxyl groups excluding tert-OH is 1. The van der Waals surface area contributed by atoms with Crippen molar-refractivity contribution in [3.05, 3.63) is 79.3 Å². The molecule has 2 aromatic rings. The molecule has 2 N–H and O–H groups in total. The summed E-state index contributed by atoms with van der Waals surface area (Å²) in [6.07, 6.45) is 1.35. The number of unbranched alkanes of at least 4 members (excludes halogenated alkanes) is 2. The Balaban J connectivity index is 2.03. The highest BCUT2D eigenvalue weighted by molar-refractivity contribution is 6.47. The zero-order valence-electron chi connectivity index (χ0n) is 17.7. The van der Waals surface area contributed by atoms with Crippen LogP contribution < -0.4 is 0 Å². The second-order valence-corrected chi connectivity index (χ2v) is 8.51. The van der Waals surface area contributed by atoms with E-state index in [1.165, 1.54) is 35.2 Å². The van der Waals surface area contributed by atoms with E-state index >= 15 is 0 Å². The average molecular weight is 507 g/mol. The third kappa shape index (κ3) is 5.37. The summed E-state index contributed by atoms with van der Waals surface area (Å²) in [7, 11) is 0. The minimum absolute atomic E-state index is 0.00853. The number of carbonyl (C=O) groups is 3. The molecule has 0 bridgehead atoms. The van der Waals surface area contributed by atoms with Crippen molar-refractivity contribution in [1.82, 2.24) is 4.90 Å². The van der Waals surface area contributed by atoms with Gasteiger partial charge < -0.3 is 15.1 Å². The van der Waals surface area contributed by atoms with Crippen molar-refractivity contribution < 1.29 is 29.5 Å². The lowest BCUT2D eigenvalue weighted by Gasteiger charge is -2.26. The molecule has 1 aliphatic rings. The molecule has 1 aliphatic heterocycles. The Bertz CT molecular complexity index is 1180. The number of nitrogens with zero attached hydrogens (tertiary/aromatic N) is 2. The van der Waals surface area contributed by atoms with Crippen LogP contribution in [0.4, 0.5) is 5.69 Å². The van der Waals surface area contributed by atoms with Crippen LogP contribution >= 0.6 is 23.2 Å². The molecular formula is C23H20Cl2N2O7. The summed E-state index contributed by atoms with van der Waals surface area (Å²) in [6, 6.07) is 8.47. The molecule has 2 aromatic carbocycles. The number of nitro benzene ring substituents is 1. The molecule has 9 nitrogen and oxygen atoms in total. The molecule has 0 unspecified atom stereocenters. The molecule has 0 saturated carbocycles. The number of carboxylic acids is 1. The molecule has 0 aromatic heterocycles. The van der Waals surface area contributed by atoms with E-state index < -0.39 is 34.4 Å². The predicted molar refractivity (Wildman–Crippen MR) is 125 cm³/mol. The lowest BCUT2D eigenvalue weighted by Crippen LogP contribution is -2.30. The highest BCUT2D eigenvalue weighted by Crippen LogP contribution is 2.42. The number of ketones is 1. The standard InChI is InChI=1S/C23H20Cl2N2O7/c24-14-7-10-16(17(25)12-14)20-19(21(30)13-5-8-15(9-6-13)27(33)34)22(31)23(32)26(20)11-3-1-2-4-18(28)29/h5-10,12,20,30H,1-4,11H2,(H,28,29)/t20-/m0/s1. The van der Waals surface area contributed by atoms with Crippen LogP contribution in [0, 0.1) is 10.1 Å². The highest BCUT2D eigenvalue weighted by atomic mass is 35.5. The van der Waals surface area contributed by atoms with Crippen molar-refractivity contribution in [2.75, 3.05) is 6.54 Å². The summed E-state index contributed by atoms with van der Waals surface area (Å²) in [6.45, 7) is 0.130. The molecule has 1 atom stereocenters. The molecule has 0 spiro atoms. The lowest BCUT2D eigenvalue weighted by molar-refractivity contribution is -0.384. The lowest BCUT2D eigenvalue weighted by atomic mass is 9.95. The number of aliphatic hydroxyl groups is 1. The first-order valence-electron chi connectivity index (χ1n) is 10.3. The largest absolute Gasteiger partial charge is 0.507 e. The van der Waals surface area contributed by atoms with Gasteiger partial charge in [-0.2, -0.15) is 0 Å². The topological polar surface area (TPSA) is 138 Å². The number of carboxylic acid groups (broad SMARTS) is 1. The Morgan fingerprint density at radius 2 is 1.71 bits per heavy atom. The van der Waals surface area contributed by atoms with Gasteiger partial charge in [0.05, 0.1) is 16.5 Å². The molecule has 0 radical (unpaired) electrons. The van der Waals surface area contributed by atoms with E-state index in [-0.39, 0.29) is 34.8 Å². The number of amides is 1. The van der Waals surface area contributed by atoms with Crippen LogP contribution in [-0.4, -0.2) is 44.2 Å². The van der Waals surface area contributed by atoms with E-state index in [1.54, 1.807) is 12.1 Å². The zero-order chi connectivity index (χ0) is 25.0. The van der Waals surface area contributed by atoms with Gasteiger partial charge in [-0.05, 0) is 42.7 Å². The maximum atomic E-state index is 13.0. The number of non-ortho nitro benzene ring substituents is 1. The second-order valence-electron chi connectivity index (χ2n) is 7.67. The first-order valence-corrected chi connectivity index (χ1v) is 11.1. The van der Waals surface area contributed by atoms with Gasteiger partial charge in [0, 0.05) is 40.7 Å². The molecular weight excluding hydrogens is 487 g/mol. The number of likely N-dealkylation sites (tertiary alicyclic amines) is 1. The highest BCUT2D eigenvalue weighted by Gasteiger charge is 2.46. The Morgan fingerprint density at radius 3 is 2.29 bits per heavy atom. The molecule has 1 amide bonds. The first kappa shape index (κ1) is 25.2. The van der Waals surface area contributed by atoms with Gasteiger partial charge in [-0.3, -0.25) is 24.5 Å². The molecule has 1 fully saturated rings. The van der Waals surface area contributed by atoms with Crippen LogP contribution in [0.5, 0.6) is 0 Å². The van der Waals surface area contributed by atoms with Crippen molar-refractivity contribution in [3.63, 3.8) is 0 Å². The van der Waals surface area contributed by atoms with Crippen LogP contribution in [-0.2, 0) is 14.4 Å². The number of Topliss-reactive ketones (excluding diaryl/α,β-unsaturated/α-hetero) is 1. The van der Waals surface area contributed by atoms with E-state index in [0.717, 1.165) is 0 Å². The van der Waals surface area contributed by atoms with Gasteiger partial charge in [-0.15, -0.1) is 0 Å². The number of benzene rings is 2. The number of aliphatic carboxylic acids is 1. The van der Waals surface area contributed by atoms with Gasteiger partial charge in [-0.25, -0.2) is 0 Å². The Morgan fingerprint density at radius 1 is 1.03 bits per heavy atom.